The molecule has 0 atom stereocenters. The second-order valence-corrected chi connectivity index (χ2v) is 5.16. The molecule has 0 aliphatic carbocycles. The fraction of sp³-hybridized carbons (Fsp3) is 0.188. The largest absolute Gasteiger partial charge is 0.497 e. The number of aromatic nitrogens is 2. The summed E-state index contributed by atoms with van der Waals surface area (Å²) in [5.74, 6) is 1.25. The van der Waals surface area contributed by atoms with E-state index in [-0.39, 0.29) is 11.4 Å². The van der Waals surface area contributed by atoms with Crippen molar-refractivity contribution >= 4 is 22.6 Å². The van der Waals surface area contributed by atoms with Crippen LogP contribution >= 0.6 is 11.6 Å². The normalized spacial score (nSPS) is 11.9. The SMILES string of the molecule is COc1ccc(-n2c(CCl)nc3cc(C(F)(F)F)ccc32)cc1. The lowest BCUT2D eigenvalue weighted by Gasteiger charge is -2.09. The summed E-state index contributed by atoms with van der Waals surface area (Å²) < 4.78 is 45.4. The Morgan fingerprint density at radius 1 is 1.13 bits per heavy atom. The van der Waals surface area contributed by atoms with E-state index >= 15 is 0 Å². The molecule has 1 aromatic heterocycles. The van der Waals surface area contributed by atoms with Crippen LogP contribution in [0.1, 0.15) is 11.4 Å². The number of imidazole rings is 1. The van der Waals surface area contributed by atoms with E-state index in [2.05, 4.69) is 4.98 Å². The van der Waals surface area contributed by atoms with Crippen molar-refractivity contribution in [1.29, 1.82) is 0 Å². The molecule has 0 aliphatic heterocycles. The monoisotopic (exact) mass is 340 g/mol. The van der Waals surface area contributed by atoms with E-state index < -0.39 is 11.7 Å². The van der Waals surface area contributed by atoms with Gasteiger partial charge in [-0.1, -0.05) is 0 Å². The van der Waals surface area contributed by atoms with Gasteiger partial charge in [-0.15, -0.1) is 11.6 Å². The Bertz CT molecular complexity index is 841. The van der Waals surface area contributed by atoms with E-state index in [9.17, 15) is 13.2 Å². The van der Waals surface area contributed by atoms with Gasteiger partial charge in [-0.25, -0.2) is 4.98 Å². The van der Waals surface area contributed by atoms with E-state index in [1.165, 1.54) is 6.07 Å². The number of methoxy groups -OCH3 is 1. The van der Waals surface area contributed by atoms with E-state index in [1.54, 1.807) is 35.9 Å². The summed E-state index contributed by atoms with van der Waals surface area (Å²) >= 11 is 5.91. The number of halogens is 4. The summed E-state index contributed by atoms with van der Waals surface area (Å²) in [5.41, 5.74) is 0.847. The third-order valence-corrected chi connectivity index (χ3v) is 3.74. The molecule has 7 heteroatoms. The molecule has 0 amide bonds. The molecule has 0 saturated carbocycles. The molecule has 0 spiro atoms. The van der Waals surface area contributed by atoms with Crippen LogP contribution in [0.25, 0.3) is 16.7 Å². The number of hydrogen-bond acceptors (Lipinski definition) is 2. The standard InChI is InChI=1S/C16H12ClF3N2O/c1-23-12-5-3-11(4-6-12)22-14-7-2-10(16(18,19)20)8-13(14)21-15(22)9-17/h2-8H,9H2,1H3. The highest BCUT2D eigenvalue weighted by molar-refractivity contribution is 6.17. The minimum atomic E-state index is -4.40. The fourth-order valence-corrected chi connectivity index (χ4v) is 2.59. The van der Waals surface area contributed by atoms with Crippen LogP contribution in [0.4, 0.5) is 13.2 Å². The summed E-state index contributed by atoms with van der Waals surface area (Å²) in [6.07, 6.45) is -4.40. The Labute approximate surface area is 135 Å². The second-order valence-electron chi connectivity index (χ2n) is 4.90. The van der Waals surface area contributed by atoms with Gasteiger partial charge in [0.05, 0.1) is 29.6 Å². The Morgan fingerprint density at radius 2 is 1.83 bits per heavy atom. The Balaban J connectivity index is 2.18. The second kappa shape index (κ2) is 5.77. The molecule has 23 heavy (non-hydrogen) atoms. The van der Waals surface area contributed by atoms with Gasteiger partial charge in [0, 0.05) is 5.69 Å². The van der Waals surface area contributed by atoms with Gasteiger partial charge in [0.1, 0.15) is 11.6 Å². The van der Waals surface area contributed by atoms with Crippen LogP contribution in [0, 0.1) is 0 Å². The quantitative estimate of drug-likeness (QED) is 0.641. The van der Waals surface area contributed by atoms with Gasteiger partial charge in [0.2, 0.25) is 0 Å². The van der Waals surface area contributed by atoms with Crippen LogP contribution in [-0.2, 0) is 12.1 Å². The maximum Gasteiger partial charge on any atom is 0.416 e. The summed E-state index contributed by atoms with van der Waals surface area (Å²) in [7, 11) is 1.56. The zero-order valence-electron chi connectivity index (χ0n) is 12.1. The van der Waals surface area contributed by atoms with E-state index in [1.807, 2.05) is 0 Å². The number of rotatable bonds is 3. The minimum absolute atomic E-state index is 0.0854. The zero-order chi connectivity index (χ0) is 16.6. The van der Waals surface area contributed by atoms with Gasteiger partial charge in [-0.2, -0.15) is 13.2 Å². The molecule has 3 nitrogen and oxygen atoms in total. The van der Waals surface area contributed by atoms with Crippen LogP contribution < -0.4 is 4.74 Å². The third-order valence-electron chi connectivity index (χ3n) is 3.50. The van der Waals surface area contributed by atoms with E-state index in [4.69, 9.17) is 16.3 Å². The number of alkyl halides is 4. The lowest BCUT2D eigenvalue weighted by molar-refractivity contribution is -0.137. The van der Waals surface area contributed by atoms with Gasteiger partial charge in [0.15, 0.2) is 0 Å². The average Bonchev–Trinajstić information content (AvgIpc) is 2.91. The van der Waals surface area contributed by atoms with Crippen molar-refractivity contribution in [2.24, 2.45) is 0 Å². The molecule has 0 bridgehead atoms. The Hall–Kier alpha value is -2.21. The molecule has 0 radical (unpaired) electrons. The van der Waals surface area contributed by atoms with Gasteiger partial charge < -0.3 is 4.74 Å². The first-order chi connectivity index (χ1) is 10.9. The summed E-state index contributed by atoms with van der Waals surface area (Å²) in [6, 6.07) is 10.6. The highest BCUT2D eigenvalue weighted by Crippen LogP contribution is 2.32. The van der Waals surface area contributed by atoms with Crippen LogP contribution in [-0.4, -0.2) is 16.7 Å². The van der Waals surface area contributed by atoms with Crippen molar-refractivity contribution in [2.75, 3.05) is 7.11 Å². The molecule has 0 saturated heterocycles. The predicted octanol–water partition coefficient (Wildman–Crippen LogP) is 4.79. The first kappa shape index (κ1) is 15.7. The average molecular weight is 341 g/mol. The van der Waals surface area contributed by atoms with E-state index in [0.29, 0.717) is 17.1 Å². The first-order valence-corrected chi connectivity index (χ1v) is 7.26. The summed E-state index contributed by atoms with van der Waals surface area (Å²) in [4.78, 5) is 4.22. The summed E-state index contributed by atoms with van der Waals surface area (Å²) in [5, 5.41) is 0. The number of ether oxygens (including phenoxy) is 1. The zero-order valence-corrected chi connectivity index (χ0v) is 12.8. The van der Waals surface area contributed by atoms with Crippen LogP contribution in [0.5, 0.6) is 5.75 Å². The maximum atomic E-state index is 12.8. The predicted molar refractivity (Wildman–Crippen MR) is 82.2 cm³/mol. The number of benzene rings is 2. The third kappa shape index (κ3) is 2.86. The molecule has 120 valence electrons. The highest BCUT2D eigenvalue weighted by atomic mass is 35.5. The number of fused-ring (bicyclic) bond motifs is 1. The molecular formula is C16H12ClF3N2O. The molecule has 0 aliphatic rings. The molecular weight excluding hydrogens is 329 g/mol. The Kier molecular flexibility index (Phi) is 3.93. The molecule has 3 rings (SSSR count). The number of nitrogens with zero attached hydrogens (tertiary/aromatic N) is 2. The van der Waals surface area contributed by atoms with Crippen molar-refractivity contribution in [1.82, 2.24) is 9.55 Å². The molecule has 3 aromatic rings. The fourth-order valence-electron chi connectivity index (χ4n) is 2.42. The maximum absolute atomic E-state index is 12.8. The molecule has 2 aromatic carbocycles. The Morgan fingerprint density at radius 3 is 2.39 bits per heavy atom. The van der Waals surface area contributed by atoms with Gasteiger partial charge >= 0.3 is 6.18 Å². The van der Waals surface area contributed by atoms with Crippen LogP contribution in [0.3, 0.4) is 0 Å². The molecule has 0 fully saturated rings. The molecule has 0 N–H and O–H groups in total. The molecule has 1 heterocycles. The topological polar surface area (TPSA) is 27.1 Å². The van der Waals surface area contributed by atoms with Gasteiger partial charge in [0.25, 0.3) is 0 Å². The van der Waals surface area contributed by atoms with Crippen molar-refractivity contribution in [3.63, 3.8) is 0 Å². The van der Waals surface area contributed by atoms with Gasteiger partial charge in [-0.3, -0.25) is 4.57 Å². The van der Waals surface area contributed by atoms with Crippen LogP contribution in [0.2, 0.25) is 0 Å². The summed E-state index contributed by atoms with van der Waals surface area (Å²) in [6.45, 7) is 0. The van der Waals surface area contributed by atoms with E-state index in [0.717, 1.165) is 17.8 Å². The van der Waals surface area contributed by atoms with Crippen molar-refractivity contribution in [2.45, 2.75) is 12.1 Å². The first-order valence-electron chi connectivity index (χ1n) is 6.73. The minimum Gasteiger partial charge on any atom is -0.497 e. The van der Waals surface area contributed by atoms with Crippen molar-refractivity contribution in [3.8, 4) is 11.4 Å². The smallest absolute Gasteiger partial charge is 0.416 e. The molecule has 0 unspecified atom stereocenters. The highest BCUT2D eigenvalue weighted by Gasteiger charge is 2.31. The van der Waals surface area contributed by atoms with Gasteiger partial charge in [-0.05, 0) is 42.5 Å². The van der Waals surface area contributed by atoms with Crippen molar-refractivity contribution < 1.29 is 17.9 Å². The lowest BCUT2D eigenvalue weighted by Crippen LogP contribution is -2.04. The lowest BCUT2D eigenvalue weighted by atomic mass is 10.2. The van der Waals surface area contributed by atoms with Crippen molar-refractivity contribution in [3.05, 3.63) is 53.9 Å². The number of hydrogen-bond donors (Lipinski definition) is 0. The van der Waals surface area contributed by atoms with Crippen LogP contribution in [0.15, 0.2) is 42.5 Å².